The Labute approximate surface area is 120 Å². The number of rotatable bonds is 3. The highest BCUT2D eigenvalue weighted by molar-refractivity contribution is 5.91. The van der Waals surface area contributed by atoms with Crippen molar-refractivity contribution < 1.29 is 22.7 Å². The van der Waals surface area contributed by atoms with Gasteiger partial charge in [0.2, 0.25) is 0 Å². The van der Waals surface area contributed by atoms with Gasteiger partial charge in [-0.15, -0.1) is 0 Å². The third-order valence-corrected chi connectivity index (χ3v) is 2.88. The van der Waals surface area contributed by atoms with E-state index in [-0.39, 0.29) is 12.2 Å². The summed E-state index contributed by atoms with van der Waals surface area (Å²) in [6.07, 6.45) is -4.52. The zero-order valence-corrected chi connectivity index (χ0v) is 11.3. The Morgan fingerprint density at radius 1 is 1.05 bits per heavy atom. The van der Waals surface area contributed by atoms with E-state index in [9.17, 15) is 18.0 Å². The van der Waals surface area contributed by atoms with Crippen molar-refractivity contribution in [2.75, 3.05) is 6.61 Å². The molecule has 0 saturated heterocycles. The maximum atomic E-state index is 13.0. The largest absolute Gasteiger partial charge is 0.462 e. The summed E-state index contributed by atoms with van der Waals surface area (Å²) in [4.78, 5) is 11.7. The van der Waals surface area contributed by atoms with E-state index in [1.165, 1.54) is 6.07 Å². The van der Waals surface area contributed by atoms with Gasteiger partial charge in [-0.25, -0.2) is 4.79 Å². The first-order valence-corrected chi connectivity index (χ1v) is 6.36. The molecule has 0 heterocycles. The van der Waals surface area contributed by atoms with Crippen LogP contribution >= 0.6 is 0 Å². The molecule has 0 N–H and O–H groups in total. The summed E-state index contributed by atoms with van der Waals surface area (Å²) >= 11 is 0. The summed E-state index contributed by atoms with van der Waals surface area (Å²) in [6, 6.07) is 11.8. The van der Waals surface area contributed by atoms with Crippen LogP contribution in [0.15, 0.2) is 48.5 Å². The first-order chi connectivity index (χ1) is 9.91. The van der Waals surface area contributed by atoms with Gasteiger partial charge in [-0.1, -0.05) is 30.3 Å². The normalized spacial score (nSPS) is 11.2. The van der Waals surface area contributed by atoms with Gasteiger partial charge in [0, 0.05) is 0 Å². The number of halogens is 3. The van der Waals surface area contributed by atoms with Crippen molar-refractivity contribution in [3.8, 4) is 11.1 Å². The van der Waals surface area contributed by atoms with Crippen molar-refractivity contribution in [3.05, 3.63) is 59.7 Å². The monoisotopic (exact) mass is 294 g/mol. The van der Waals surface area contributed by atoms with Crippen LogP contribution in [-0.4, -0.2) is 12.6 Å². The minimum Gasteiger partial charge on any atom is -0.462 e. The van der Waals surface area contributed by atoms with Crippen LogP contribution in [0.3, 0.4) is 0 Å². The third kappa shape index (κ3) is 3.62. The lowest BCUT2D eigenvalue weighted by atomic mass is 9.99. The van der Waals surface area contributed by atoms with Crippen LogP contribution in [0.25, 0.3) is 11.1 Å². The minimum absolute atomic E-state index is 0.106. The summed E-state index contributed by atoms with van der Waals surface area (Å²) < 4.78 is 43.7. The summed E-state index contributed by atoms with van der Waals surface area (Å²) in [5.41, 5.74) is -0.0416. The number of carbonyl (C=O) groups is 1. The number of hydrogen-bond donors (Lipinski definition) is 0. The molecule has 0 unspecified atom stereocenters. The molecule has 0 atom stereocenters. The molecule has 2 rings (SSSR count). The topological polar surface area (TPSA) is 26.3 Å². The summed E-state index contributed by atoms with van der Waals surface area (Å²) in [7, 11) is 0. The van der Waals surface area contributed by atoms with Gasteiger partial charge in [-0.05, 0) is 36.2 Å². The summed E-state index contributed by atoms with van der Waals surface area (Å²) in [6.45, 7) is 1.71. The quantitative estimate of drug-likeness (QED) is 0.776. The molecule has 0 bridgehead atoms. The van der Waals surface area contributed by atoms with Gasteiger partial charge in [0.1, 0.15) is 0 Å². The molecule has 2 nitrogen and oxygen atoms in total. The molecule has 0 amide bonds. The standard InChI is InChI=1S/C16H13F3O2/c1-2-21-15(20)13-8-12(11-6-4-3-5-7-11)9-14(10-13)16(17,18)19/h3-10H,2H2,1H3. The van der Waals surface area contributed by atoms with E-state index in [1.807, 2.05) is 0 Å². The number of esters is 1. The molecule has 0 saturated carbocycles. The van der Waals surface area contributed by atoms with Crippen molar-refractivity contribution in [3.63, 3.8) is 0 Å². The Morgan fingerprint density at radius 2 is 1.71 bits per heavy atom. The molecule has 0 aliphatic carbocycles. The predicted molar refractivity (Wildman–Crippen MR) is 72.8 cm³/mol. The molecule has 110 valence electrons. The smallest absolute Gasteiger partial charge is 0.416 e. The van der Waals surface area contributed by atoms with E-state index in [4.69, 9.17) is 4.74 Å². The molecular formula is C16H13F3O2. The lowest BCUT2D eigenvalue weighted by molar-refractivity contribution is -0.137. The average Bonchev–Trinajstić information content (AvgIpc) is 2.47. The zero-order valence-electron chi connectivity index (χ0n) is 11.3. The molecule has 0 aromatic heterocycles. The van der Waals surface area contributed by atoms with Crippen molar-refractivity contribution >= 4 is 5.97 Å². The molecule has 0 radical (unpaired) electrons. The van der Waals surface area contributed by atoms with Crippen LogP contribution in [0, 0.1) is 0 Å². The van der Waals surface area contributed by atoms with E-state index in [0.717, 1.165) is 12.1 Å². The molecule has 2 aromatic carbocycles. The van der Waals surface area contributed by atoms with Gasteiger partial charge in [0.05, 0.1) is 17.7 Å². The first-order valence-electron chi connectivity index (χ1n) is 6.36. The Morgan fingerprint density at radius 3 is 2.29 bits per heavy atom. The fraction of sp³-hybridized carbons (Fsp3) is 0.188. The van der Waals surface area contributed by atoms with Crippen LogP contribution in [-0.2, 0) is 10.9 Å². The van der Waals surface area contributed by atoms with E-state index in [1.54, 1.807) is 37.3 Å². The Bertz CT molecular complexity index is 634. The van der Waals surface area contributed by atoms with Crippen LogP contribution in [0.5, 0.6) is 0 Å². The maximum Gasteiger partial charge on any atom is 0.416 e. The average molecular weight is 294 g/mol. The van der Waals surface area contributed by atoms with E-state index in [0.29, 0.717) is 11.1 Å². The Kier molecular flexibility index (Phi) is 4.31. The summed E-state index contributed by atoms with van der Waals surface area (Å²) in [5.74, 6) is -0.763. The third-order valence-electron chi connectivity index (χ3n) is 2.88. The molecule has 21 heavy (non-hydrogen) atoms. The summed E-state index contributed by atoms with van der Waals surface area (Å²) in [5, 5.41) is 0. The second-order valence-corrected chi connectivity index (χ2v) is 4.38. The van der Waals surface area contributed by atoms with Gasteiger partial charge < -0.3 is 4.74 Å². The predicted octanol–water partition coefficient (Wildman–Crippen LogP) is 4.55. The number of ether oxygens (including phenoxy) is 1. The van der Waals surface area contributed by atoms with E-state index in [2.05, 4.69) is 0 Å². The molecule has 2 aromatic rings. The van der Waals surface area contributed by atoms with Gasteiger partial charge in [-0.2, -0.15) is 13.2 Å². The van der Waals surface area contributed by atoms with Crippen molar-refractivity contribution in [2.24, 2.45) is 0 Å². The van der Waals surface area contributed by atoms with Gasteiger partial charge in [0.25, 0.3) is 0 Å². The van der Waals surface area contributed by atoms with Gasteiger partial charge >= 0.3 is 12.1 Å². The first kappa shape index (κ1) is 15.1. The molecule has 0 aliphatic rings. The second kappa shape index (κ2) is 5.99. The minimum atomic E-state index is -4.52. The Hall–Kier alpha value is -2.30. The Balaban J connectivity index is 2.55. The van der Waals surface area contributed by atoms with Crippen molar-refractivity contribution in [2.45, 2.75) is 13.1 Å². The van der Waals surface area contributed by atoms with Gasteiger partial charge in [0.15, 0.2) is 0 Å². The molecule has 0 spiro atoms. The van der Waals surface area contributed by atoms with Crippen LogP contribution < -0.4 is 0 Å². The highest BCUT2D eigenvalue weighted by Crippen LogP contribution is 2.33. The van der Waals surface area contributed by atoms with E-state index >= 15 is 0 Å². The van der Waals surface area contributed by atoms with Gasteiger partial charge in [-0.3, -0.25) is 0 Å². The lowest BCUT2D eigenvalue weighted by Crippen LogP contribution is -2.10. The number of hydrogen-bond acceptors (Lipinski definition) is 2. The molecule has 5 heteroatoms. The van der Waals surface area contributed by atoms with Crippen molar-refractivity contribution in [1.29, 1.82) is 0 Å². The number of benzene rings is 2. The highest BCUT2D eigenvalue weighted by atomic mass is 19.4. The number of carbonyl (C=O) groups excluding carboxylic acids is 1. The fourth-order valence-electron chi connectivity index (χ4n) is 1.92. The lowest BCUT2D eigenvalue weighted by Gasteiger charge is -2.12. The van der Waals surface area contributed by atoms with E-state index < -0.39 is 17.7 Å². The zero-order chi connectivity index (χ0) is 15.5. The van der Waals surface area contributed by atoms with Crippen LogP contribution in [0.4, 0.5) is 13.2 Å². The SMILES string of the molecule is CCOC(=O)c1cc(-c2ccccc2)cc(C(F)(F)F)c1. The molecule has 0 fully saturated rings. The second-order valence-electron chi connectivity index (χ2n) is 4.38. The fourth-order valence-corrected chi connectivity index (χ4v) is 1.92. The highest BCUT2D eigenvalue weighted by Gasteiger charge is 2.32. The number of alkyl halides is 3. The van der Waals surface area contributed by atoms with Crippen LogP contribution in [0.2, 0.25) is 0 Å². The molecule has 0 aliphatic heterocycles. The van der Waals surface area contributed by atoms with Crippen LogP contribution in [0.1, 0.15) is 22.8 Å². The maximum absolute atomic E-state index is 13.0. The van der Waals surface area contributed by atoms with Crippen molar-refractivity contribution in [1.82, 2.24) is 0 Å². The molecular weight excluding hydrogens is 281 g/mol.